The number of methoxy groups -OCH3 is 1. The van der Waals surface area contributed by atoms with Gasteiger partial charge in [-0.05, 0) is 36.2 Å². The third-order valence-electron chi connectivity index (χ3n) is 3.46. The smallest absolute Gasteiger partial charge is 0.137 e. The molecule has 1 N–H and O–H groups in total. The molecular weight excluding hydrogens is 262 g/mol. The molecule has 0 spiro atoms. The van der Waals surface area contributed by atoms with Crippen molar-refractivity contribution in [2.45, 2.75) is 13.5 Å². The molecule has 0 aliphatic carbocycles. The zero-order valence-corrected chi connectivity index (χ0v) is 12.1. The summed E-state index contributed by atoms with van der Waals surface area (Å²) < 4.78 is 5.24. The summed E-state index contributed by atoms with van der Waals surface area (Å²) in [4.78, 5) is 8.70. The minimum absolute atomic E-state index is 0.692. The maximum Gasteiger partial charge on any atom is 0.137 e. The highest BCUT2D eigenvalue weighted by Gasteiger charge is 2.05. The minimum Gasteiger partial charge on any atom is -0.497 e. The van der Waals surface area contributed by atoms with Crippen molar-refractivity contribution in [3.05, 3.63) is 59.9 Å². The normalized spacial score (nSPS) is 10.6. The predicted octanol–water partition coefficient (Wildman–Crippen LogP) is 3.56. The first-order valence-corrected chi connectivity index (χ1v) is 6.85. The van der Waals surface area contributed by atoms with E-state index in [1.54, 1.807) is 13.4 Å². The van der Waals surface area contributed by atoms with Crippen LogP contribution in [0.5, 0.6) is 5.75 Å². The minimum atomic E-state index is 0.692. The fraction of sp³-hybridized carbons (Fsp3) is 0.176. The van der Waals surface area contributed by atoms with Crippen molar-refractivity contribution in [3.63, 3.8) is 0 Å². The van der Waals surface area contributed by atoms with Crippen LogP contribution in [0.25, 0.3) is 10.9 Å². The van der Waals surface area contributed by atoms with Crippen LogP contribution in [0, 0.1) is 6.92 Å². The van der Waals surface area contributed by atoms with Crippen LogP contribution in [0.1, 0.15) is 11.1 Å². The molecule has 0 unspecified atom stereocenters. The Morgan fingerprint density at radius 1 is 1.10 bits per heavy atom. The molecule has 0 amide bonds. The molecule has 1 heterocycles. The summed E-state index contributed by atoms with van der Waals surface area (Å²) in [7, 11) is 1.67. The number of para-hydroxylation sites is 1. The predicted molar refractivity (Wildman–Crippen MR) is 84.6 cm³/mol. The van der Waals surface area contributed by atoms with E-state index in [0.717, 1.165) is 33.6 Å². The number of aryl methyl sites for hydroxylation is 1. The van der Waals surface area contributed by atoms with Crippen molar-refractivity contribution in [2.75, 3.05) is 12.4 Å². The summed E-state index contributed by atoms with van der Waals surface area (Å²) in [6.45, 7) is 2.75. The molecule has 2 aromatic carbocycles. The highest BCUT2D eigenvalue weighted by molar-refractivity contribution is 5.90. The van der Waals surface area contributed by atoms with Gasteiger partial charge in [0.2, 0.25) is 0 Å². The topological polar surface area (TPSA) is 47.0 Å². The van der Waals surface area contributed by atoms with Gasteiger partial charge in [-0.15, -0.1) is 0 Å². The van der Waals surface area contributed by atoms with E-state index in [0.29, 0.717) is 6.54 Å². The number of rotatable bonds is 4. The third-order valence-corrected chi connectivity index (χ3v) is 3.46. The zero-order valence-electron chi connectivity index (χ0n) is 12.1. The van der Waals surface area contributed by atoms with Gasteiger partial charge in [-0.3, -0.25) is 0 Å². The van der Waals surface area contributed by atoms with Gasteiger partial charge in [-0.25, -0.2) is 9.97 Å². The molecule has 21 heavy (non-hydrogen) atoms. The van der Waals surface area contributed by atoms with Gasteiger partial charge in [-0.2, -0.15) is 0 Å². The Kier molecular flexibility index (Phi) is 3.69. The number of benzene rings is 2. The highest BCUT2D eigenvalue weighted by atomic mass is 16.5. The second-order valence-corrected chi connectivity index (χ2v) is 4.90. The van der Waals surface area contributed by atoms with Crippen molar-refractivity contribution < 1.29 is 4.74 Å². The molecule has 0 fully saturated rings. The Labute approximate surface area is 123 Å². The van der Waals surface area contributed by atoms with Gasteiger partial charge in [0, 0.05) is 11.9 Å². The van der Waals surface area contributed by atoms with Crippen LogP contribution in [0.2, 0.25) is 0 Å². The van der Waals surface area contributed by atoms with E-state index >= 15 is 0 Å². The lowest BCUT2D eigenvalue weighted by Gasteiger charge is -2.10. The summed E-state index contributed by atoms with van der Waals surface area (Å²) in [6, 6.07) is 14.1. The summed E-state index contributed by atoms with van der Waals surface area (Å²) >= 11 is 0. The Balaban J connectivity index is 1.87. The molecule has 106 valence electrons. The Hall–Kier alpha value is -2.62. The van der Waals surface area contributed by atoms with E-state index in [4.69, 9.17) is 4.74 Å². The van der Waals surface area contributed by atoms with Gasteiger partial charge in [-0.1, -0.05) is 24.3 Å². The molecule has 0 aliphatic rings. The van der Waals surface area contributed by atoms with Gasteiger partial charge in [0.05, 0.1) is 12.6 Å². The monoisotopic (exact) mass is 279 g/mol. The third kappa shape index (κ3) is 2.79. The van der Waals surface area contributed by atoms with Crippen molar-refractivity contribution >= 4 is 16.7 Å². The second kappa shape index (κ2) is 5.79. The van der Waals surface area contributed by atoms with Crippen LogP contribution in [0.15, 0.2) is 48.8 Å². The maximum absolute atomic E-state index is 5.24. The van der Waals surface area contributed by atoms with Crippen LogP contribution in [-0.4, -0.2) is 17.1 Å². The average Bonchev–Trinajstić information content (AvgIpc) is 2.53. The molecule has 3 aromatic rings. The average molecular weight is 279 g/mol. The van der Waals surface area contributed by atoms with Crippen LogP contribution < -0.4 is 10.1 Å². The maximum atomic E-state index is 5.24. The lowest BCUT2D eigenvalue weighted by molar-refractivity contribution is 0.414. The second-order valence-electron chi connectivity index (χ2n) is 4.90. The van der Waals surface area contributed by atoms with E-state index in [9.17, 15) is 0 Å². The number of nitrogens with zero attached hydrogens (tertiary/aromatic N) is 2. The first-order valence-electron chi connectivity index (χ1n) is 6.85. The fourth-order valence-corrected chi connectivity index (χ4v) is 2.34. The van der Waals surface area contributed by atoms with Crippen LogP contribution >= 0.6 is 0 Å². The summed E-state index contributed by atoms with van der Waals surface area (Å²) in [5.74, 6) is 1.71. The molecule has 0 saturated heterocycles. The molecule has 0 saturated carbocycles. The number of nitrogens with one attached hydrogen (secondary N) is 1. The Morgan fingerprint density at radius 3 is 2.81 bits per heavy atom. The Bertz CT molecular complexity index is 771. The first-order chi connectivity index (χ1) is 10.3. The van der Waals surface area contributed by atoms with Crippen molar-refractivity contribution in [2.24, 2.45) is 0 Å². The first kappa shape index (κ1) is 13.4. The molecule has 0 bridgehead atoms. The van der Waals surface area contributed by atoms with E-state index < -0.39 is 0 Å². The van der Waals surface area contributed by atoms with Gasteiger partial charge < -0.3 is 10.1 Å². The lowest BCUT2D eigenvalue weighted by Crippen LogP contribution is -2.03. The molecule has 4 heteroatoms. The molecule has 1 aromatic heterocycles. The van der Waals surface area contributed by atoms with E-state index in [2.05, 4.69) is 34.3 Å². The molecule has 0 atom stereocenters. The number of fused-ring (bicyclic) bond motifs is 1. The number of aromatic nitrogens is 2. The van der Waals surface area contributed by atoms with Crippen LogP contribution in [0.4, 0.5) is 5.82 Å². The van der Waals surface area contributed by atoms with Gasteiger partial charge in [0.15, 0.2) is 0 Å². The molecule has 0 radical (unpaired) electrons. The molecule has 4 nitrogen and oxygen atoms in total. The van der Waals surface area contributed by atoms with E-state index in [1.807, 2.05) is 30.3 Å². The van der Waals surface area contributed by atoms with Crippen molar-refractivity contribution in [1.29, 1.82) is 0 Å². The van der Waals surface area contributed by atoms with Gasteiger partial charge in [0.1, 0.15) is 17.9 Å². The SMILES string of the molecule is COc1cccc(CNc2ncnc3c(C)cccc23)c1. The Morgan fingerprint density at radius 2 is 1.95 bits per heavy atom. The van der Waals surface area contributed by atoms with Crippen molar-refractivity contribution in [3.8, 4) is 5.75 Å². The van der Waals surface area contributed by atoms with Crippen LogP contribution in [0.3, 0.4) is 0 Å². The standard InChI is InChI=1S/C17H17N3O/c1-12-5-3-8-15-16(12)19-11-20-17(15)18-10-13-6-4-7-14(9-13)21-2/h3-9,11H,10H2,1-2H3,(H,18,19,20). The van der Waals surface area contributed by atoms with E-state index in [1.165, 1.54) is 0 Å². The largest absolute Gasteiger partial charge is 0.497 e. The van der Waals surface area contributed by atoms with Gasteiger partial charge >= 0.3 is 0 Å². The fourth-order valence-electron chi connectivity index (χ4n) is 2.34. The highest BCUT2D eigenvalue weighted by Crippen LogP contribution is 2.22. The summed E-state index contributed by atoms with van der Waals surface area (Å²) in [5, 5.41) is 4.42. The lowest BCUT2D eigenvalue weighted by atomic mass is 10.1. The summed E-state index contributed by atoms with van der Waals surface area (Å²) in [6.07, 6.45) is 1.60. The number of hydrogen-bond acceptors (Lipinski definition) is 4. The van der Waals surface area contributed by atoms with Gasteiger partial charge in [0.25, 0.3) is 0 Å². The quantitative estimate of drug-likeness (QED) is 0.793. The molecule has 0 aliphatic heterocycles. The zero-order chi connectivity index (χ0) is 14.7. The van der Waals surface area contributed by atoms with E-state index in [-0.39, 0.29) is 0 Å². The number of anilines is 1. The number of hydrogen-bond donors (Lipinski definition) is 1. The summed E-state index contributed by atoms with van der Waals surface area (Å²) in [5.41, 5.74) is 3.29. The number of ether oxygens (including phenoxy) is 1. The molecular formula is C17H17N3O. The van der Waals surface area contributed by atoms with Crippen molar-refractivity contribution in [1.82, 2.24) is 9.97 Å². The van der Waals surface area contributed by atoms with Crippen LogP contribution in [-0.2, 0) is 6.54 Å². The molecule has 3 rings (SSSR count).